The molecule has 0 bridgehead atoms. The maximum Gasteiger partial charge on any atom is 0.119 e. The maximum absolute atomic E-state index is 5.61. The second kappa shape index (κ2) is 6.42. The van der Waals surface area contributed by atoms with Crippen LogP contribution in [0.5, 0.6) is 5.75 Å². The zero-order valence-corrected chi connectivity index (χ0v) is 12.4. The molecule has 0 unspecified atom stereocenters. The van der Waals surface area contributed by atoms with Gasteiger partial charge in [-0.15, -0.1) is 0 Å². The smallest absolute Gasteiger partial charge is 0.119 e. The van der Waals surface area contributed by atoms with Crippen LogP contribution in [0.3, 0.4) is 0 Å². The number of ether oxygens (including phenoxy) is 2. The normalized spacial score (nSPS) is 27.2. The quantitative estimate of drug-likeness (QED) is 0.741. The van der Waals surface area contributed by atoms with Crippen molar-refractivity contribution >= 4 is 0 Å². The Kier molecular flexibility index (Phi) is 4.87. The topological polar surface area (TPSA) is 18.5 Å². The molecule has 0 heterocycles. The van der Waals surface area contributed by atoms with Crippen LogP contribution in [-0.2, 0) is 10.2 Å². The molecule has 0 aliphatic heterocycles. The molecule has 1 aliphatic rings. The summed E-state index contributed by atoms with van der Waals surface area (Å²) in [6.07, 6.45) is 5.31. The second-order valence-electron chi connectivity index (χ2n) is 6.11. The zero-order chi connectivity index (χ0) is 13.7. The second-order valence-corrected chi connectivity index (χ2v) is 6.11. The summed E-state index contributed by atoms with van der Waals surface area (Å²) in [5.74, 6) is 1.83. The monoisotopic (exact) mass is 262 g/mol. The van der Waals surface area contributed by atoms with Crippen LogP contribution in [0.1, 0.15) is 45.1 Å². The van der Waals surface area contributed by atoms with E-state index in [0.717, 1.165) is 11.7 Å². The minimum atomic E-state index is 0.359. The van der Waals surface area contributed by atoms with Gasteiger partial charge in [-0.1, -0.05) is 26.0 Å². The van der Waals surface area contributed by atoms with Crippen molar-refractivity contribution < 1.29 is 9.47 Å². The molecule has 1 saturated carbocycles. The van der Waals surface area contributed by atoms with Crippen molar-refractivity contribution in [1.82, 2.24) is 0 Å². The van der Waals surface area contributed by atoms with Crippen LogP contribution in [0.25, 0.3) is 0 Å². The van der Waals surface area contributed by atoms with Crippen molar-refractivity contribution in [3.63, 3.8) is 0 Å². The lowest BCUT2D eigenvalue weighted by molar-refractivity contribution is 0.146. The van der Waals surface area contributed by atoms with Crippen molar-refractivity contribution in [1.29, 1.82) is 0 Å². The number of hydrogen-bond donors (Lipinski definition) is 0. The number of hydrogen-bond acceptors (Lipinski definition) is 2. The number of benzene rings is 1. The molecule has 0 radical (unpaired) electrons. The Morgan fingerprint density at radius 2 is 1.74 bits per heavy atom. The molecule has 2 nitrogen and oxygen atoms in total. The lowest BCUT2D eigenvalue weighted by Gasteiger charge is -2.37. The molecular formula is C17H26O2. The Morgan fingerprint density at radius 3 is 2.32 bits per heavy atom. The van der Waals surface area contributed by atoms with Gasteiger partial charge in [0.05, 0.1) is 6.61 Å². The van der Waals surface area contributed by atoms with Crippen LogP contribution >= 0.6 is 0 Å². The number of methoxy groups -OCH3 is 1. The van der Waals surface area contributed by atoms with E-state index in [9.17, 15) is 0 Å². The average molecular weight is 262 g/mol. The van der Waals surface area contributed by atoms with Gasteiger partial charge >= 0.3 is 0 Å². The largest absolute Gasteiger partial charge is 0.491 e. The molecule has 19 heavy (non-hydrogen) atoms. The SMILES string of the molecule is COCCOc1ccc(C2(C)CCC(C)CC2)cc1. The van der Waals surface area contributed by atoms with Crippen molar-refractivity contribution in [3.8, 4) is 5.75 Å². The molecule has 1 aliphatic carbocycles. The molecule has 2 rings (SSSR count). The highest BCUT2D eigenvalue weighted by atomic mass is 16.5. The fourth-order valence-electron chi connectivity index (χ4n) is 2.88. The van der Waals surface area contributed by atoms with Crippen molar-refractivity contribution in [3.05, 3.63) is 29.8 Å². The third-order valence-electron chi connectivity index (χ3n) is 4.49. The first-order valence-corrected chi connectivity index (χ1v) is 7.36. The van der Waals surface area contributed by atoms with Gasteiger partial charge in [-0.2, -0.15) is 0 Å². The van der Waals surface area contributed by atoms with E-state index in [1.165, 1.54) is 31.2 Å². The van der Waals surface area contributed by atoms with Crippen molar-refractivity contribution in [2.24, 2.45) is 5.92 Å². The Hall–Kier alpha value is -1.02. The van der Waals surface area contributed by atoms with E-state index in [4.69, 9.17) is 9.47 Å². The minimum Gasteiger partial charge on any atom is -0.491 e. The summed E-state index contributed by atoms with van der Waals surface area (Å²) in [7, 11) is 1.69. The summed E-state index contributed by atoms with van der Waals surface area (Å²) in [4.78, 5) is 0. The van der Waals surface area contributed by atoms with Gasteiger partial charge in [-0.3, -0.25) is 0 Å². The molecule has 2 heteroatoms. The van der Waals surface area contributed by atoms with Gasteiger partial charge in [-0.25, -0.2) is 0 Å². The van der Waals surface area contributed by atoms with Gasteiger partial charge in [0.15, 0.2) is 0 Å². The van der Waals surface area contributed by atoms with Crippen LogP contribution in [-0.4, -0.2) is 20.3 Å². The van der Waals surface area contributed by atoms with E-state index >= 15 is 0 Å². The highest BCUT2D eigenvalue weighted by Gasteiger charge is 2.30. The zero-order valence-electron chi connectivity index (χ0n) is 12.4. The van der Waals surface area contributed by atoms with Crippen LogP contribution in [0.15, 0.2) is 24.3 Å². The first kappa shape index (κ1) is 14.4. The fraction of sp³-hybridized carbons (Fsp3) is 0.647. The summed E-state index contributed by atoms with van der Waals surface area (Å²) in [5, 5.41) is 0. The van der Waals surface area contributed by atoms with Gasteiger partial charge in [0, 0.05) is 7.11 Å². The van der Waals surface area contributed by atoms with Gasteiger partial charge < -0.3 is 9.47 Å². The maximum atomic E-state index is 5.61. The molecule has 1 fully saturated rings. The predicted octanol–water partition coefficient (Wildman–Crippen LogP) is 4.18. The van der Waals surface area contributed by atoms with E-state index in [0.29, 0.717) is 18.6 Å². The first-order chi connectivity index (χ1) is 9.14. The Morgan fingerprint density at radius 1 is 1.11 bits per heavy atom. The molecule has 1 aromatic rings. The standard InChI is InChI=1S/C17H26O2/c1-14-8-10-17(2,11-9-14)15-4-6-16(7-5-15)19-13-12-18-3/h4-7,14H,8-13H2,1-3H3. The molecule has 0 spiro atoms. The predicted molar refractivity (Wildman–Crippen MR) is 78.8 cm³/mol. The molecular weight excluding hydrogens is 236 g/mol. The molecule has 0 N–H and O–H groups in total. The van der Waals surface area contributed by atoms with Gasteiger partial charge in [0.2, 0.25) is 0 Å². The third kappa shape index (κ3) is 3.73. The van der Waals surface area contributed by atoms with Crippen LogP contribution in [0.2, 0.25) is 0 Å². The van der Waals surface area contributed by atoms with Gasteiger partial charge in [-0.05, 0) is 54.7 Å². The Bertz CT molecular complexity index is 375. The summed E-state index contributed by atoms with van der Waals surface area (Å²) in [5.41, 5.74) is 1.82. The lowest BCUT2D eigenvalue weighted by Crippen LogP contribution is -2.27. The van der Waals surface area contributed by atoms with Crippen molar-refractivity contribution in [2.75, 3.05) is 20.3 Å². The Labute approximate surface area is 117 Å². The van der Waals surface area contributed by atoms with Crippen LogP contribution in [0.4, 0.5) is 0 Å². The third-order valence-corrected chi connectivity index (χ3v) is 4.49. The minimum absolute atomic E-state index is 0.359. The molecule has 0 saturated heterocycles. The van der Waals surface area contributed by atoms with Gasteiger partial charge in [0.1, 0.15) is 12.4 Å². The first-order valence-electron chi connectivity index (χ1n) is 7.36. The average Bonchev–Trinajstić information content (AvgIpc) is 2.43. The summed E-state index contributed by atoms with van der Waals surface area (Å²) in [6.45, 7) is 6.02. The fourth-order valence-corrected chi connectivity index (χ4v) is 2.88. The summed E-state index contributed by atoms with van der Waals surface area (Å²) >= 11 is 0. The highest BCUT2D eigenvalue weighted by Crippen LogP contribution is 2.41. The van der Waals surface area contributed by atoms with Gasteiger partial charge in [0.25, 0.3) is 0 Å². The van der Waals surface area contributed by atoms with Crippen molar-refractivity contribution in [2.45, 2.75) is 44.9 Å². The molecule has 106 valence electrons. The molecule has 0 aromatic heterocycles. The molecule has 0 amide bonds. The lowest BCUT2D eigenvalue weighted by atomic mass is 9.68. The highest BCUT2D eigenvalue weighted by molar-refractivity contribution is 5.32. The van der Waals surface area contributed by atoms with E-state index in [1.54, 1.807) is 7.11 Å². The Balaban J connectivity index is 1.97. The molecule has 1 aromatic carbocycles. The van der Waals surface area contributed by atoms with E-state index in [1.807, 2.05) is 0 Å². The van der Waals surface area contributed by atoms with E-state index in [2.05, 4.69) is 38.1 Å². The molecule has 0 atom stereocenters. The number of rotatable bonds is 5. The van der Waals surface area contributed by atoms with E-state index < -0.39 is 0 Å². The van der Waals surface area contributed by atoms with Crippen LogP contribution in [0, 0.1) is 5.92 Å². The van der Waals surface area contributed by atoms with E-state index in [-0.39, 0.29) is 0 Å². The van der Waals surface area contributed by atoms with Crippen LogP contribution < -0.4 is 4.74 Å². The summed E-state index contributed by atoms with van der Waals surface area (Å²) in [6, 6.07) is 8.65. The summed E-state index contributed by atoms with van der Waals surface area (Å²) < 4.78 is 10.6.